The van der Waals surface area contributed by atoms with Crippen molar-refractivity contribution in [2.24, 2.45) is 7.05 Å². The Morgan fingerprint density at radius 3 is 2.48 bits per heavy atom. The number of rotatable bonds is 2. The Labute approximate surface area is 149 Å². The van der Waals surface area contributed by atoms with Gasteiger partial charge in [0.1, 0.15) is 6.33 Å². The molecule has 1 radical (unpaired) electrons. The first kappa shape index (κ1) is 17.1. The standard InChI is InChI=1S/C18H15N4.Ir/c1-12-5-4-6-13(2)17(12)16-9-14(10-19)7-8-15(16)18-20-11-21-22(18)3;/h4-7,9,11H,1-3H3;/q-1;. The van der Waals surface area contributed by atoms with Gasteiger partial charge in [0.25, 0.3) is 0 Å². The van der Waals surface area contributed by atoms with Crippen molar-refractivity contribution in [2.75, 3.05) is 0 Å². The average molecular weight is 480 g/mol. The van der Waals surface area contributed by atoms with Gasteiger partial charge in [0.2, 0.25) is 0 Å². The third-order valence-electron chi connectivity index (χ3n) is 3.76. The quantitative estimate of drug-likeness (QED) is 0.530. The van der Waals surface area contributed by atoms with Crippen molar-refractivity contribution >= 4 is 0 Å². The molecule has 0 spiro atoms. The molecule has 0 amide bonds. The topological polar surface area (TPSA) is 54.5 Å². The van der Waals surface area contributed by atoms with Gasteiger partial charge in [0.05, 0.1) is 5.82 Å². The molecule has 3 aromatic rings. The normalized spacial score (nSPS) is 10.0. The monoisotopic (exact) mass is 480 g/mol. The maximum Gasteiger partial charge on any atom is 0.127 e. The van der Waals surface area contributed by atoms with E-state index in [4.69, 9.17) is 0 Å². The van der Waals surface area contributed by atoms with E-state index in [1.807, 2.05) is 19.2 Å². The Bertz CT molecular complexity index is 870. The molecule has 0 aliphatic rings. The Balaban J connectivity index is 0.00000192. The van der Waals surface area contributed by atoms with Crippen LogP contribution in [0.25, 0.3) is 22.5 Å². The van der Waals surface area contributed by atoms with Crippen molar-refractivity contribution < 1.29 is 20.1 Å². The van der Waals surface area contributed by atoms with Crippen LogP contribution in [0.3, 0.4) is 0 Å². The second-order valence-electron chi connectivity index (χ2n) is 5.26. The summed E-state index contributed by atoms with van der Waals surface area (Å²) in [4.78, 5) is 4.32. The molecule has 23 heavy (non-hydrogen) atoms. The minimum Gasteiger partial charge on any atom is -0.289 e. The predicted molar refractivity (Wildman–Crippen MR) is 84.9 cm³/mol. The molecule has 0 saturated carbocycles. The van der Waals surface area contributed by atoms with Gasteiger partial charge in [-0.2, -0.15) is 5.10 Å². The Kier molecular flexibility index (Phi) is 5.10. The van der Waals surface area contributed by atoms with Crippen molar-refractivity contribution in [3.05, 3.63) is 59.4 Å². The molecule has 2 aromatic carbocycles. The third-order valence-corrected chi connectivity index (χ3v) is 3.76. The summed E-state index contributed by atoms with van der Waals surface area (Å²) in [5.41, 5.74) is 5.85. The smallest absolute Gasteiger partial charge is 0.127 e. The van der Waals surface area contributed by atoms with Gasteiger partial charge in [-0.3, -0.25) is 9.67 Å². The van der Waals surface area contributed by atoms with E-state index in [0.29, 0.717) is 5.56 Å². The van der Waals surface area contributed by atoms with Crippen LogP contribution >= 0.6 is 0 Å². The van der Waals surface area contributed by atoms with E-state index >= 15 is 0 Å². The number of hydrogen-bond donors (Lipinski definition) is 0. The van der Waals surface area contributed by atoms with Gasteiger partial charge in [-0.15, -0.1) is 18.2 Å². The molecule has 0 bridgehead atoms. The SMILES string of the molecule is Cc1cccc(C)c1-c1cc(C#N)c[c-]c1-c1ncnn1C.[Ir]. The van der Waals surface area contributed by atoms with Crippen LogP contribution in [0.2, 0.25) is 0 Å². The van der Waals surface area contributed by atoms with Gasteiger partial charge in [-0.25, -0.2) is 5.26 Å². The third kappa shape index (κ3) is 3.10. The number of nitriles is 1. The van der Waals surface area contributed by atoms with Crippen molar-refractivity contribution in [1.82, 2.24) is 14.8 Å². The minimum absolute atomic E-state index is 0. The van der Waals surface area contributed by atoms with Crippen LogP contribution in [-0.2, 0) is 27.2 Å². The summed E-state index contributed by atoms with van der Waals surface area (Å²) in [7, 11) is 1.85. The van der Waals surface area contributed by atoms with Crippen molar-refractivity contribution in [3.8, 4) is 28.6 Å². The number of benzene rings is 2. The molecule has 0 aliphatic carbocycles. The van der Waals surface area contributed by atoms with Gasteiger partial charge in [-0.1, -0.05) is 46.0 Å². The summed E-state index contributed by atoms with van der Waals surface area (Å²) in [6.45, 7) is 4.14. The fourth-order valence-electron chi connectivity index (χ4n) is 2.71. The second-order valence-corrected chi connectivity index (χ2v) is 5.26. The van der Waals surface area contributed by atoms with E-state index in [-0.39, 0.29) is 20.1 Å². The van der Waals surface area contributed by atoms with Crippen LogP contribution in [0.5, 0.6) is 0 Å². The maximum absolute atomic E-state index is 9.22. The Hall–Kier alpha value is -2.28. The van der Waals surface area contributed by atoms with E-state index in [1.54, 1.807) is 10.7 Å². The van der Waals surface area contributed by atoms with E-state index in [1.165, 1.54) is 6.33 Å². The second kappa shape index (κ2) is 6.87. The first-order valence-corrected chi connectivity index (χ1v) is 6.98. The molecule has 0 fully saturated rings. The molecule has 0 saturated heterocycles. The summed E-state index contributed by atoms with van der Waals surface area (Å²) in [5.74, 6) is 0.738. The van der Waals surface area contributed by atoms with Gasteiger partial charge in [0, 0.05) is 33.2 Å². The molecule has 1 aromatic heterocycles. The molecule has 3 rings (SSSR count). The Morgan fingerprint density at radius 2 is 1.91 bits per heavy atom. The summed E-state index contributed by atoms with van der Waals surface area (Å²) in [5, 5.41) is 13.4. The molecule has 1 heterocycles. The minimum atomic E-state index is 0. The molecule has 0 atom stereocenters. The van der Waals surface area contributed by atoms with Gasteiger partial charge >= 0.3 is 0 Å². The first-order valence-electron chi connectivity index (χ1n) is 6.98. The van der Waals surface area contributed by atoms with Crippen molar-refractivity contribution in [3.63, 3.8) is 0 Å². The first-order chi connectivity index (χ1) is 10.6. The number of aromatic nitrogens is 3. The number of aryl methyl sites for hydroxylation is 3. The zero-order valence-electron chi connectivity index (χ0n) is 13.1. The van der Waals surface area contributed by atoms with Gasteiger partial charge < -0.3 is 0 Å². The number of nitrogens with zero attached hydrogens (tertiary/aromatic N) is 4. The molecule has 0 aliphatic heterocycles. The molecule has 5 heteroatoms. The molecular formula is C18H15IrN4-. The van der Waals surface area contributed by atoms with Crippen LogP contribution in [0.4, 0.5) is 0 Å². The molecule has 4 nitrogen and oxygen atoms in total. The maximum atomic E-state index is 9.22. The fraction of sp³-hybridized carbons (Fsp3) is 0.167. The van der Waals surface area contributed by atoms with E-state index in [9.17, 15) is 5.26 Å². The Morgan fingerprint density at radius 1 is 1.22 bits per heavy atom. The van der Waals surface area contributed by atoms with Crippen LogP contribution in [0.15, 0.2) is 36.7 Å². The van der Waals surface area contributed by atoms with Crippen molar-refractivity contribution in [1.29, 1.82) is 5.26 Å². The molecule has 117 valence electrons. The predicted octanol–water partition coefficient (Wildman–Crippen LogP) is 3.44. The van der Waals surface area contributed by atoms with E-state index in [0.717, 1.165) is 33.6 Å². The molecular weight excluding hydrogens is 464 g/mol. The summed E-state index contributed by atoms with van der Waals surface area (Å²) in [6.07, 6.45) is 1.52. The van der Waals surface area contributed by atoms with Crippen molar-refractivity contribution in [2.45, 2.75) is 13.8 Å². The summed E-state index contributed by atoms with van der Waals surface area (Å²) in [6, 6.07) is 15.2. The van der Waals surface area contributed by atoms with Crippen LogP contribution in [0.1, 0.15) is 16.7 Å². The van der Waals surface area contributed by atoms with Gasteiger partial charge in [0.15, 0.2) is 0 Å². The largest absolute Gasteiger partial charge is 0.289 e. The van der Waals surface area contributed by atoms with Gasteiger partial charge in [-0.05, 0) is 19.4 Å². The zero-order chi connectivity index (χ0) is 15.7. The van der Waals surface area contributed by atoms with E-state index < -0.39 is 0 Å². The van der Waals surface area contributed by atoms with Crippen LogP contribution < -0.4 is 0 Å². The van der Waals surface area contributed by atoms with Crippen LogP contribution in [0, 0.1) is 31.2 Å². The van der Waals surface area contributed by atoms with E-state index in [2.05, 4.69) is 48.2 Å². The average Bonchev–Trinajstić information content (AvgIpc) is 2.93. The molecule has 0 unspecified atom stereocenters. The molecule has 0 N–H and O–H groups in total. The fourth-order valence-corrected chi connectivity index (χ4v) is 2.71. The zero-order valence-corrected chi connectivity index (χ0v) is 15.5. The summed E-state index contributed by atoms with van der Waals surface area (Å²) < 4.78 is 1.72. The number of hydrogen-bond acceptors (Lipinski definition) is 3. The van der Waals surface area contributed by atoms with Crippen LogP contribution in [-0.4, -0.2) is 14.8 Å². The summed E-state index contributed by atoms with van der Waals surface area (Å²) >= 11 is 0.